The molecule has 0 aliphatic rings. The highest BCUT2D eigenvalue weighted by molar-refractivity contribution is 6.05. The largest absolute Gasteiger partial charge is 0.338 e. The molecule has 2 N–H and O–H groups in total. The number of aromatic amines is 1. The van der Waals surface area contributed by atoms with E-state index in [1.165, 1.54) is 11.0 Å². The van der Waals surface area contributed by atoms with Crippen LogP contribution in [0.3, 0.4) is 0 Å². The SMILES string of the molecule is O=C(Nc1ccc2nc(-c3cc(F)ccc3F)[nH]c2c1)c1cccc(-n2cnnn2)c1. The van der Waals surface area contributed by atoms with E-state index < -0.39 is 11.6 Å². The Morgan fingerprint density at radius 1 is 1.03 bits per heavy atom. The normalized spacial score (nSPS) is 11.0. The smallest absolute Gasteiger partial charge is 0.255 e. The molecule has 0 bridgehead atoms. The van der Waals surface area contributed by atoms with Gasteiger partial charge in [0.25, 0.3) is 5.91 Å². The topological polar surface area (TPSA) is 101 Å². The molecule has 152 valence electrons. The van der Waals surface area contributed by atoms with E-state index in [-0.39, 0.29) is 17.3 Å². The van der Waals surface area contributed by atoms with E-state index in [4.69, 9.17) is 0 Å². The van der Waals surface area contributed by atoms with E-state index >= 15 is 0 Å². The van der Waals surface area contributed by atoms with Crippen molar-refractivity contribution in [2.24, 2.45) is 0 Å². The second-order valence-electron chi connectivity index (χ2n) is 6.70. The molecule has 10 heteroatoms. The monoisotopic (exact) mass is 417 g/mol. The molecule has 0 aliphatic heterocycles. The van der Waals surface area contributed by atoms with Gasteiger partial charge in [-0.25, -0.2) is 18.4 Å². The quantitative estimate of drug-likeness (QED) is 0.464. The van der Waals surface area contributed by atoms with Gasteiger partial charge in [-0.05, 0) is 65.0 Å². The molecule has 0 saturated heterocycles. The highest BCUT2D eigenvalue weighted by Gasteiger charge is 2.13. The maximum absolute atomic E-state index is 14.1. The lowest BCUT2D eigenvalue weighted by atomic mass is 10.2. The van der Waals surface area contributed by atoms with Crippen molar-refractivity contribution in [2.45, 2.75) is 0 Å². The Morgan fingerprint density at radius 2 is 1.94 bits per heavy atom. The van der Waals surface area contributed by atoms with E-state index in [1.54, 1.807) is 42.5 Å². The predicted molar refractivity (Wildman–Crippen MR) is 109 cm³/mol. The lowest BCUT2D eigenvalue weighted by Crippen LogP contribution is -2.12. The van der Waals surface area contributed by atoms with Gasteiger partial charge in [-0.3, -0.25) is 4.79 Å². The van der Waals surface area contributed by atoms with Crippen LogP contribution in [0.5, 0.6) is 0 Å². The number of hydrogen-bond acceptors (Lipinski definition) is 5. The highest BCUT2D eigenvalue weighted by Crippen LogP contribution is 2.25. The molecule has 0 unspecified atom stereocenters. The first-order valence-corrected chi connectivity index (χ1v) is 9.17. The van der Waals surface area contributed by atoms with Gasteiger partial charge in [0, 0.05) is 11.3 Å². The Morgan fingerprint density at radius 3 is 2.77 bits per heavy atom. The molecule has 3 aromatic carbocycles. The zero-order valence-corrected chi connectivity index (χ0v) is 15.8. The first-order chi connectivity index (χ1) is 15.1. The Labute approximate surface area is 173 Å². The summed E-state index contributed by atoms with van der Waals surface area (Å²) in [5.41, 5.74) is 2.72. The van der Waals surface area contributed by atoms with E-state index in [9.17, 15) is 13.6 Å². The Kier molecular flexibility index (Phi) is 4.43. The van der Waals surface area contributed by atoms with Crippen LogP contribution in [0.2, 0.25) is 0 Å². The van der Waals surface area contributed by atoms with Crippen molar-refractivity contribution in [3.05, 3.63) is 84.2 Å². The van der Waals surface area contributed by atoms with Gasteiger partial charge in [-0.2, -0.15) is 0 Å². The number of tetrazole rings is 1. The van der Waals surface area contributed by atoms with Crippen LogP contribution < -0.4 is 5.32 Å². The number of nitrogens with one attached hydrogen (secondary N) is 2. The fourth-order valence-corrected chi connectivity index (χ4v) is 3.17. The van der Waals surface area contributed by atoms with Crippen molar-refractivity contribution in [2.75, 3.05) is 5.32 Å². The number of carbonyl (C=O) groups is 1. The van der Waals surface area contributed by atoms with Gasteiger partial charge in [-0.1, -0.05) is 6.07 Å². The van der Waals surface area contributed by atoms with Crippen LogP contribution >= 0.6 is 0 Å². The minimum absolute atomic E-state index is 0.0289. The number of fused-ring (bicyclic) bond motifs is 1. The van der Waals surface area contributed by atoms with E-state index in [0.717, 1.165) is 18.2 Å². The molecular formula is C21H13F2N7O. The standard InChI is InChI=1S/C21H13F2N7O/c22-13-4-6-17(23)16(9-13)20-26-18-7-5-14(10-19(18)27-20)25-21(31)12-2-1-3-15(8-12)30-11-24-28-29-30/h1-11H,(H,25,31)(H,26,27). The van der Waals surface area contributed by atoms with Gasteiger partial charge in [0.15, 0.2) is 0 Å². The molecule has 2 heterocycles. The maximum atomic E-state index is 14.1. The average molecular weight is 417 g/mol. The molecule has 0 fully saturated rings. The molecule has 2 aromatic heterocycles. The van der Waals surface area contributed by atoms with Crippen LogP contribution in [0.25, 0.3) is 28.1 Å². The Hall–Kier alpha value is -4.47. The van der Waals surface area contributed by atoms with Crippen molar-refractivity contribution in [1.29, 1.82) is 0 Å². The minimum atomic E-state index is -0.587. The third-order valence-electron chi connectivity index (χ3n) is 4.65. The van der Waals surface area contributed by atoms with Crippen molar-refractivity contribution >= 4 is 22.6 Å². The van der Waals surface area contributed by atoms with Crippen LogP contribution in [0.1, 0.15) is 10.4 Å². The van der Waals surface area contributed by atoms with Gasteiger partial charge in [0.2, 0.25) is 0 Å². The molecule has 5 rings (SSSR count). The summed E-state index contributed by atoms with van der Waals surface area (Å²) >= 11 is 0. The predicted octanol–water partition coefficient (Wildman–Crippen LogP) is 3.74. The lowest BCUT2D eigenvalue weighted by molar-refractivity contribution is 0.102. The van der Waals surface area contributed by atoms with Crippen LogP contribution in [0, 0.1) is 11.6 Å². The summed E-state index contributed by atoms with van der Waals surface area (Å²) < 4.78 is 29.0. The number of benzene rings is 3. The zero-order chi connectivity index (χ0) is 21.4. The number of hydrogen-bond donors (Lipinski definition) is 2. The summed E-state index contributed by atoms with van der Waals surface area (Å²) in [4.78, 5) is 20.0. The number of anilines is 1. The summed E-state index contributed by atoms with van der Waals surface area (Å²) in [7, 11) is 0. The minimum Gasteiger partial charge on any atom is -0.338 e. The number of rotatable bonds is 4. The third-order valence-corrected chi connectivity index (χ3v) is 4.65. The van der Waals surface area contributed by atoms with Crippen molar-refractivity contribution in [1.82, 2.24) is 30.2 Å². The van der Waals surface area contributed by atoms with Crippen LogP contribution in [0.15, 0.2) is 67.0 Å². The second kappa shape index (κ2) is 7.41. The maximum Gasteiger partial charge on any atom is 0.255 e. The van der Waals surface area contributed by atoms with Gasteiger partial charge < -0.3 is 10.3 Å². The summed E-state index contributed by atoms with van der Waals surface area (Å²) in [6.07, 6.45) is 1.43. The Balaban J connectivity index is 1.42. The van der Waals surface area contributed by atoms with Crippen molar-refractivity contribution in [3.63, 3.8) is 0 Å². The number of carbonyl (C=O) groups excluding carboxylic acids is 1. The van der Waals surface area contributed by atoms with Crippen LogP contribution in [0.4, 0.5) is 14.5 Å². The molecule has 5 aromatic rings. The molecule has 0 aliphatic carbocycles. The number of halogens is 2. The molecule has 0 saturated carbocycles. The van der Waals surface area contributed by atoms with Crippen molar-refractivity contribution in [3.8, 4) is 17.1 Å². The van der Waals surface area contributed by atoms with Crippen LogP contribution in [-0.2, 0) is 0 Å². The number of amides is 1. The molecule has 0 atom stereocenters. The van der Waals surface area contributed by atoms with E-state index in [2.05, 4.69) is 30.8 Å². The van der Waals surface area contributed by atoms with Gasteiger partial charge in [0.1, 0.15) is 23.8 Å². The lowest BCUT2D eigenvalue weighted by Gasteiger charge is -2.07. The highest BCUT2D eigenvalue weighted by atomic mass is 19.1. The fraction of sp³-hybridized carbons (Fsp3) is 0. The first kappa shape index (κ1) is 18.6. The van der Waals surface area contributed by atoms with E-state index in [0.29, 0.717) is 28.0 Å². The van der Waals surface area contributed by atoms with E-state index in [1.807, 2.05) is 0 Å². The van der Waals surface area contributed by atoms with Crippen molar-refractivity contribution < 1.29 is 13.6 Å². The summed E-state index contributed by atoms with van der Waals surface area (Å²) in [5.74, 6) is -1.28. The molecule has 0 spiro atoms. The average Bonchev–Trinajstić information content (AvgIpc) is 3.45. The molecule has 31 heavy (non-hydrogen) atoms. The number of nitrogens with zero attached hydrogens (tertiary/aromatic N) is 5. The summed E-state index contributed by atoms with van der Waals surface area (Å²) in [6, 6.07) is 15.0. The van der Waals surface area contributed by atoms with Gasteiger partial charge in [0.05, 0.1) is 22.3 Å². The first-order valence-electron chi connectivity index (χ1n) is 9.17. The molecule has 8 nitrogen and oxygen atoms in total. The fourth-order valence-electron chi connectivity index (χ4n) is 3.17. The van der Waals surface area contributed by atoms with Crippen LogP contribution in [-0.4, -0.2) is 36.1 Å². The number of imidazole rings is 1. The number of aromatic nitrogens is 6. The molecular weight excluding hydrogens is 404 g/mol. The van der Waals surface area contributed by atoms with Gasteiger partial charge >= 0.3 is 0 Å². The Bertz CT molecular complexity index is 1410. The molecule has 0 radical (unpaired) electrons. The second-order valence-corrected chi connectivity index (χ2v) is 6.70. The summed E-state index contributed by atoms with van der Waals surface area (Å²) in [6.45, 7) is 0. The summed E-state index contributed by atoms with van der Waals surface area (Å²) in [5, 5.41) is 13.8. The number of H-pyrrole nitrogens is 1. The zero-order valence-electron chi connectivity index (χ0n) is 15.8. The van der Waals surface area contributed by atoms with Gasteiger partial charge in [-0.15, -0.1) is 5.10 Å². The molecule has 1 amide bonds. The third kappa shape index (κ3) is 3.62.